The number of hydrazone groups is 1. The molecule has 3 aromatic rings. The molecule has 0 fully saturated rings. The van der Waals surface area contributed by atoms with Gasteiger partial charge in [0.25, 0.3) is 5.91 Å². The molecule has 0 unspecified atom stereocenters. The van der Waals surface area contributed by atoms with E-state index in [9.17, 15) is 14.4 Å². The second kappa shape index (κ2) is 11.7. The van der Waals surface area contributed by atoms with Crippen molar-refractivity contribution in [2.45, 2.75) is 6.54 Å². The third kappa shape index (κ3) is 7.24. The van der Waals surface area contributed by atoms with Crippen molar-refractivity contribution in [2.24, 2.45) is 5.10 Å². The largest absolute Gasteiger partial charge is 0.497 e. The summed E-state index contributed by atoms with van der Waals surface area (Å²) < 4.78 is 15.7. The summed E-state index contributed by atoms with van der Waals surface area (Å²) >= 11 is 0. The number of amides is 3. The highest BCUT2D eigenvalue weighted by molar-refractivity contribution is 6.35. The van der Waals surface area contributed by atoms with E-state index in [2.05, 4.69) is 21.2 Å². The van der Waals surface area contributed by atoms with Gasteiger partial charge in [0.1, 0.15) is 17.3 Å². The Balaban J connectivity index is 1.48. The van der Waals surface area contributed by atoms with Gasteiger partial charge in [0, 0.05) is 11.3 Å². The van der Waals surface area contributed by atoms with Crippen molar-refractivity contribution in [1.82, 2.24) is 10.7 Å². The summed E-state index contributed by atoms with van der Waals surface area (Å²) in [5.41, 5.74) is 3.25. The van der Waals surface area contributed by atoms with Gasteiger partial charge in [-0.05, 0) is 48.5 Å². The van der Waals surface area contributed by atoms with E-state index in [0.717, 1.165) is 0 Å². The first-order valence-electron chi connectivity index (χ1n) is 9.84. The molecule has 10 nitrogen and oxygen atoms in total. The lowest BCUT2D eigenvalue weighted by molar-refractivity contribution is -0.139. The fraction of sp³-hybridized carbons (Fsp3) is 0.130. The fourth-order valence-corrected chi connectivity index (χ4v) is 2.61. The molecule has 2 aromatic carbocycles. The molecule has 0 spiro atoms. The van der Waals surface area contributed by atoms with E-state index in [1.807, 2.05) is 0 Å². The lowest BCUT2D eigenvalue weighted by Crippen LogP contribution is -2.37. The molecule has 0 saturated carbocycles. The highest BCUT2D eigenvalue weighted by Crippen LogP contribution is 2.17. The molecule has 3 amide bonds. The fourth-order valence-electron chi connectivity index (χ4n) is 2.61. The molecule has 1 aromatic heterocycles. The lowest BCUT2D eigenvalue weighted by atomic mass is 10.2. The number of carbonyl (C=O) groups excluding carboxylic acids is 3. The zero-order valence-electron chi connectivity index (χ0n) is 17.7. The first-order valence-corrected chi connectivity index (χ1v) is 9.84. The number of nitrogens with one attached hydrogen (secondary N) is 3. The van der Waals surface area contributed by atoms with Crippen molar-refractivity contribution in [2.75, 3.05) is 19.0 Å². The van der Waals surface area contributed by atoms with Crippen LogP contribution in [0.1, 0.15) is 11.3 Å². The monoisotopic (exact) mass is 450 g/mol. The molecule has 0 aliphatic carbocycles. The molecule has 3 N–H and O–H groups in total. The highest BCUT2D eigenvalue weighted by atomic mass is 16.5. The predicted molar refractivity (Wildman–Crippen MR) is 120 cm³/mol. The molecule has 0 atom stereocenters. The van der Waals surface area contributed by atoms with E-state index in [-0.39, 0.29) is 19.1 Å². The van der Waals surface area contributed by atoms with Crippen molar-refractivity contribution in [3.8, 4) is 11.5 Å². The van der Waals surface area contributed by atoms with Crippen molar-refractivity contribution < 1.29 is 28.3 Å². The standard InChI is InChI=1S/C23H22N4O6/c1-31-18-10-8-17(9-11-18)26-21(28)15-33-20-7-3-2-5-16(20)13-25-27-23(30)22(29)24-14-19-6-4-12-32-19/h2-13H,14-15H2,1H3,(H,24,29)(H,26,28)(H,27,30)/b25-13-. The van der Waals surface area contributed by atoms with Gasteiger partial charge in [0.05, 0.1) is 26.1 Å². The Morgan fingerprint density at radius 2 is 1.79 bits per heavy atom. The minimum absolute atomic E-state index is 0.0816. The maximum Gasteiger partial charge on any atom is 0.329 e. The quantitative estimate of drug-likeness (QED) is 0.260. The van der Waals surface area contributed by atoms with E-state index >= 15 is 0 Å². The third-order valence-corrected chi connectivity index (χ3v) is 4.23. The Bertz CT molecular complexity index is 1110. The van der Waals surface area contributed by atoms with Gasteiger partial charge >= 0.3 is 11.8 Å². The number of carbonyl (C=O) groups is 3. The Kier molecular flexibility index (Phi) is 8.18. The van der Waals surface area contributed by atoms with Crippen LogP contribution >= 0.6 is 0 Å². The summed E-state index contributed by atoms with van der Waals surface area (Å²) in [7, 11) is 1.56. The van der Waals surface area contributed by atoms with Gasteiger partial charge in [-0.25, -0.2) is 5.43 Å². The number of hydrogen-bond acceptors (Lipinski definition) is 7. The molecule has 0 aliphatic rings. The van der Waals surface area contributed by atoms with Crippen LogP contribution in [0.25, 0.3) is 0 Å². The van der Waals surface area contributed by atoms with Crippen LogP contribution in [0, 0.1) is 0 Å². The van der Waals surface area contributed by atoms with Gasteiger partial charge in [-0.15, -0.1) is 0 Å². The maximum atomic E-state index is 12.2. The molecule has 0 aliphatic heterocycles. The Morgan fingerprint density at radius 3 is 2.52 bits per heavy atom. The van der Waals surface area contributed by atoms with Crippen molar-refractivity contribution in [3.63, 3.8) is 0 Å². The van der Waals surface area contributed by atoms with Crippen LogP contribution in [0.4, 0.5) is 5.69 Å². The highest BCUT2D eigenvalue weighted by Gasteiger charge is 2.13. The summed E-state index contributed by atoms with van der Waals surface area (Å²) in [6.45, 7) is -0.156. The molecule has 1 heterocycles. The summed E-state index contributed by atoms with van der Waals surface area (Å²) in [5, 5.41) is 8.90. The van der Waals surface area contributed by atoms with Crippen LogP contribution in [-0.4, -0.2) is 37.7 Å². The smallest absolute Gasteiger partial charge is 0.329 e. The lowest BCUT2D eigenvalue weighted by Gasteiger charge is -2.10. The molecular weight excluding hydrogens is 428 g/mol. The summed E-state index contributed by atoms with van der Waals surface area (Å²) in [5.74, 6) is -0.573. The number of benzene rings is 2. The number of rotatable bonds is 9. The third-order valence-electron chi connectivity index (χ3n) is 4.23. The van der Waals surface area contributed by atoms with Crippen molar-refractivity contribution in [3.05, 3.63) is 78.3 Å². The molecule has 10 heteroatoms. The second-order valence-corrected chi connectivity index (χ2v) is 6.56. The number of ether oxygens (including phenoxy) is 2. The number of methoxy groups -OCH3 is 1. The van der Waals surface area contributed by atoms with Gasteiger partial charge in [-0.3, -0.25) is 14.4 Å². The predicted octanol–water partition coefficient (Wildman–Crippen LogP) is 2.07. The number of hydrogen-bond donors (Lipinski definition) is 3. The molecule has 0 radical (unpaired) electrons. The van der Waals surface area contributed by atoms with Crippen molar-refractivity contribution >= 4 is 29.6 Å². The van der Waals surface area contributed by atoms with E-state index in [4.69, 9.17) is 13.9 Å². The van der Waals surface area contributed by atoms with Gasteiger partial charge in [-0.1, -0.05) is 12.1 Å². The van der Waals surface area contributed by atoms with Crippen LogP contribution < -0.4 is 25.5 Å². The minimum atomic E-state index is -0.935. The first kappa shape index (κ1) is 23.1. The molecular formula is C23H22N4O6. The van der Waals surface area contributed by atoms with E-state index in [1.165, 1.54) is 12.5 Å². The maximum absolute atomic E-state index is 12.2. The molecule has 0 bridgehead atoms. The van der Waals surface area contributed by atoms with E-state index < -0.39 is 11.8 Å². The molecule has 170 valence electrons. The molecule has 3 rings (SSSR count). The van der Waals surface area contributed by atoms with E-state index in [0.29, 0.717) is 28.5 Å². The molecule has 33 heavy (non-hydrogen) atoms. The average Bonchev–Trinajstić information content (AvgIpc) is 3.36. The Labute approximate surface area is 189 Å². The first-order chi connectivity index (χ1) is 16.0. The normalized spacial score (nSPS) is 10.5. The number of nitrogens with zero attached hydrogens (tertiary/aromatic N) is 1. The summed E-state index contributed by atoms with van der Waals surface area (Å²) in [4.78, 5) is 35.8. The van der Waals surface area contributed by atoms with Crippen LogP contribution in [0.15, 0.2) is 76.4 Å². The second-order valence-electron chi connectivity index (χ2n) is 6.56. The van der Waals surface area contributed by atoms with Crippen LogP contribution in [0.5, 0.6) is 11.5 Å². The average molecular weight is 450 g/mol. The van der Waals surface area contributed by atoms with Gasteiger partial charge in [0.2, 0.25) is 0 Å². The van der Waals surface area contributed by atoms with Crippen LogP contribution in [-0.2, 0) is 20.9 Å². The minimum Gasteiger partial charge on any atom is -0.497 e. The SMILES string of the molecule is COc1ccc(NC(=O)COc2ccccc2/C=N\NC(=O)C(=O)NCc2ccco2)cc1. The van der Waals surface area contributed by atoms with E-state index in [1.54, 1.807) is 67.8 Å². The molecule has 0 saturated heterocycles. The van der Waals surface area contributed by atoms with Crippen molar-refractivity contribution in [1.29, 1.82) is 0 Å². The number of para-hydroxylation sites is 1. The van der Waals surface area contributed by atoms with Gasteiger partial charge < -0.3 is 24.5 Å². The number of furan rings is 1. The zero-order valence-corrected chi connectivity index (χ0v) is 17.7. The van der Waals surface area contributed by atoms with Crippen LogP contribution in [0.2, 0.25) is 0 Å². The summed E-state index contributed by atoms with van der Waals surface area (Å²) in [6, 6.07) is 17.0. The van der Waals surface area contributed by atoms with Crippen LogP contribution in [0.3, 0.4) is 0 Å². The zero-order chi connectivity index (χ0) is 23.5. The Hall–Kier alpha value is -4.60. The Morgan fingerprint density at radius 1 is 1.00 bits per heavy atom. The van der Waals surface area contributed by atoms with Gasteiger partial charge in [0.15, 0.2) is 6.61 Å². The van der Waals surface area contributed by atoms with Gasteiger partial charge in [-0.2, -0.15) is 5.10 Å². The number of anilines is 1. The topological polar surface area (TPSA) is 131 Å². The summed E-state index contributed by atoms with van der Waals surface area (Å²) in [6.07, 6.45) is 2.78.